The highest BCUT2D eigenvalue weighted by Gasteiger charge is 2.10. The quantitative estimate of drug-likeness (QED) is 0.547. The maximum atomic E-state index is 11.8. The number of hydrogen-bond acceptors (Lipinski definition) is 2. The Morgan fingerprint density at radius 3 is 1.92 bits per heavy atom. The van der Waals surface area contributed by atoms with Crippen molar-refractivity contribution in [1.29, 1.82) is 0 Å². The lowest BCUT2D eigenvalue weighted by Crippen LogP contribution is -2.00. The third-order valence-electron chi connectivity index (χ3n) is 3.72. The fourth-order valence-corrected chi connectivity index (χ4v) is 2.53. The molecule has 122 valence electrons. The molecule has 25 heavy (non-hydrogen) atoms. The molecule has 0 aliphatic rings. The third kappa shape index (κ3) is 4.30. The molecule has 0 fully saturated rings. The van der Waals surface area contributed by atoms with E-state index in [2.05, 4.69) is 4.98 Å². The summed E-state index contributed by atoms with van der Waals surface area (Å²) in [6.07, 6.45) is 6.63. The zero-order chi connectivity index (χ0) is 17.5. The van der Waals surface area contributed by atoms with Gasteiger partial charge in [0.1, 0.15) is 0 Å². The van der Waals surface area contributed by atoms with Crippen LogP contribution < -0.4 is 0 Å². The van der Waals surface area contributed by atoms with Crippen LogP contribution in [0.5, 0.6) is 0 Å². The molecule has 0 saturated carbocycles. The van der Waals surface area contributed by atoms with Crippen LogP contribution in [0.4, 0.5) is 0 Å². The van der Waals surface area contributed by atoms with Crippen LogP contribution >= 0.6 is 0 Å². The first kappa shape index (κ1) is 16.4. The van der Waals surface area contributed by atoms with E-state index in [0.29, 0.717) is 0 Å². The number of carboxylic acid groups (broad SMARTS) is 1. The van der Waals surface area contributed by atoms with E-state index in [9.17, 15) is 9.90 Å². The van der Waals surface area contributed by atoms with Crippen LogP contribution in [-0.4, -0.2) is 16.1 Å². The number of rotatable bonds is 5. The van der Waals surface area contributed by atoms with E-state index < -0.39 is 5.97 Å². The molecule has 0 aliphatic heterocycles. The molecule has 0 spiro atoms. The average molecular weight is 327 g/mol. The Morgan fingerprint density at radius 2 is 1.44 bits per heavy atom. The Labute approximate surface area is 146 Å². The fourth-order valence-electron chi connectivity index (χ4n) is 2.53. The van der Waals surface area contributed by atoms with Gasteiger partial charge in [-0.1, -0.05) is 66.7 Å². The number of pyridine rings is 1. The second-order valence-corrected chi connectivity index (χ2v) is 5.48. The minimum Gasteiger partial charge on any atom is -0.478 e. The first-order valence-corrected chi connectivity index (χ1v) is 7.91. The summed E-state index contributed by atoms with van der Waals surface area (Å²) in [4.78, 5) is 15.8. The number of hydrogen-bond donors (Lipinski definition) is 1. The second kappa shape index (κ2) is 7.88. The predicted molar refractivity (Wildman–Crippen MR) is 99.8 cm³/mol. The van der Waals surface area contributed by atoms with E-state index in [4.69, 9.17) is 0 Å². The average Bonchev–Trinajstić information content (AvgIpc) is 2.67. The van der Waals surface area contributed by atoms with E-state index in [1.165, 1.54) is 0 Å². The predicted octanol–water partition coefficient (Wildman–Crippen LogP) is 4.68. The number of carbonyl (C=O) groups is 1. The number of benzene rings is 2. The summed E-state index contributed by atoms with van der Waals surface area (Å²) >= 11 is 0. The van der Waals surface area contributed by atoms with Gasteiger partial charge in [0, 0.05) is 12.4 Å². The van der Waals surface area contributed by atoms with Crippen LogP contribution in [-0.2, 0) is 4.79 Å². The van der Waals surface area contributed by atoms with E-state index in [0.717, 1.165) is 22.3 Å². The molecule has 0 bridgehead atoms. The summed E-state index contributed by atoms with van der Waals surface area (Å²) in [5.74, 6) is -0.979. The lowest BCUT2D eigenvalue weighted by Gasteiger charge is -2.09. The molecule has 1 aromatic heterocycles. The smallest absolute Gasteiger partial charge is 0.335 e. The molecule has 0 atom stereocenters. The highest BCUT2D eigenvalue weighted by molar-refractivity contribution is 5.99. The number of aromatic nitrogens is 1. The van der Waals surface area contributed by atoms with Gasteiger partial charge in [-0.25, -0.2) is 4.79 Å². The molecular weight excluding hydrogens is 310 g/mol. The summed E-state index contributed by atoms with van der Waals surface area (Å²) in [5, 5.41) is 9.64. The molecule has 1 N–H and O–H groups in total. The van der Waals surface area contributed by atoms with E-state index in [1.54, 1.807) is 30.6 Å². The van der Waals surface area contributed by atoms with Gasteiger partial charge >= 0.3 is 5.97 Å². The van der Waals surface area contributed by atoms with Crippen molar-refractivity contribution in [2.75, 3.05) is 0 Å². The highest BCUT2D eigenvalue weighted by atomic mass is 16.4. The summed E-state index contributed by atoms with van der Waals surface area (Å²) in [6, 6.07) is 23.2. The first-order valence-electron chi connectivity index (χ1n) is 7.91. The molecule has 3 rings (SSSR count). The van der Waals surface area contributed by atoms with Gasteiger partial charge < -0.3 is 5.11 Å². The van der Waals surface area contributed by atoms with Gasteiger partial charge in [-0.2, -0.15) is 0 Å². The lowest BCUT2D eigenvalue weighted by atomic mass is 9.95. The van der Waals surface area contributed by atoms with Crippen LogP contribution in [0, 0.1) is 0 Å². The molecule has 0 amide bonds. The Bertz CT molecular complexity index is 857. The van der Waals surface area contributed by atoms with Crippen LogP contribution in [0.15, 0.2) is 96.8 Å². The van der Waals surface area contributed by atoms with E-state index in [-0.39, 0.29) is 5.57 Å². The Kier molecular flexibility index (Phi) is 5.17. The number of aliphatic carboxylic acids is 1. The lowest BCUT2D eigenvalue weighted by molar-refractivity contribution is -0.132. The Balaban J connectivity index is 2.13. The largest absolute Gasteiger partial charge is 0.478 e. The Hall–Kier alpha value is -3.46. The van der Waals surface area contributed by atoms with Crippen LogP contribution in [0.25, 0.3) is 11.6 Å². The van der Waals surface area contributed by atoms with Gasteiger partial charge in [0.05, 0.1) is 5.57 Å². The van der Waals surface area contributed by atoms with Crippen LogP contribution in [0.2, 0.25) is 0 Å². The molecule has 3 aromatic rings. The maximum absolute atomic E-state index is 11.8. The molecule has 0 radical (unpaired) electrons. The second-order valence-electron chi connectivity index (χ2n) is 5.48. The molecule has 3 heteroatoms. The minimum absolute atomic E-state index is 0.204. The van der Waals surface area contributed by atoms with Gasteiger partial charge in [-0.3, -0.25) is 4.98 Å². The summed E-state index contributed by atoms with van der Waals surface area (Å²) < 4.78 is 0. The van der Waals surface area contributed by atoms with Gasteiger partial charge in [0.2, 0.25) is 0 Å². The summed E-state index contributed by atoms with van der Waals surface area (Å²) in [5.41, 5.74) is 3.74. The van der Waals surface area contributed by atoms with Crippen molar-refractivity contribution in [1.82, 2.24) is 4.98 Å². The van der Waals surface area contributed by atoms with Crippen LogP contribution in [0.3, 0.4) is 0 Å². The molecule has 1 heterocycles. The standard InChI is InChI=1S/C22H17NO2/c24-22(25)20(14-17-8-7-13-23-16-17)15-21(18-9-3-1-4-10-18)19-11-5-2-6-12-19/h1-16H,(H,24,25)/b20-14-. The van der Waals surface area contributed by atoms with Crippen molar-refractivity contribution in [2.45, 2.75) is 0 Å². The van der Waals surface area contributed by atoms with E-state index >= 15 is 0 Å². The van der Waals surface area contributed by atoms with Gasteiger partial charge in [-0.15, -0.1) is 0 Å². The summed E-state index contributed by atoms with van der Waals surface area (Å²) in [6.45, 7) is 0. The minimum atomic E-state index is -0.979. The van der Waals surface area contributed by atoms with Gasteiger partial charge in [-0.05, 0) is 40.5 Å². The van der Waals surface area contributed by atoms with Crippen molar-refractivity contribution in [3.05, 3.63) is 114 Å². The number of carboxylic acids is 1. The van der Waals surface area contributed by atoms with Crippen molar-refractivity contribution in [2.24, 2.45) is 0 Å². The molecular formula is C22H17NO2. The molecule has 3 nitrogen and oxygen atoms in total. The first-order chi connectivity index (χ1) is 12.2. The molecule has 0 saturated heterocycles. The fraction of sp³-hybridized carbons (Fsp3) is 0. The van der Waals surface area contributed by atoms with Gasteiger partial charge in [0.15, 0.2) is 0 Å². The zero-order valence-electron chi connectivity index (χ0n) is 13.5. The SMILES string of the molecule is O=C(O)/C(C=C(c1ccccc1)c1ccccc1)=C\c1cccnc1. The van der Waals surface area contributed by atoms with Crippen molar-refractivity contribution in [3.8, 4) is 0 Å². The molecule has 2 aromatic carbocycles. The highest BCUT2D eigenvalue weighted by Crippen LogP contribution is 2.25. The topological polar surface area (TPSA) is 50.2 Å². The normalized spacial score (nSPS) is 11.0. The maximum Gasteiger partial charge on any atom is 0.335 e. The van der Waals surface area contributed by atoms with E-state index in [1.807, 2.05) is 66.7 Å². The zero-order valence-corrected chi connectivity index (χ0v) is 13.5. The van der Waals surface area contributed by atoms with Crippen molar-refractivity contribution < 1.29 is 9.90 Å². The monoisotopic (exact) mass is 327 g/mol. The van der Waals surface area contributed by atoms with Crippen LogP contribution in [0.1, 0.15) is 16.7 Å². The van der Waals surface area contributed by atoms with Crippen molar-refractivity contribution >= 4 is 17.6 Å². The molecule has 0 unspecified atom stereocenters. The summed E-state index contributed by atoms with van der Waals surface area (Å²) in [7, 11) is 0. The Morgan fingerprint density at radius 1 is 0.840 bits per heavy atom. The number of nitrogens with zero attached hydrogens (tertiary/aromatic N) is 1. The third-order valence-corrected chi connectivity index (χ3v) is 3.72. The van der Waals surface area contributed by atoms with Crippen molar-refractivity contribution in [3.63, 3.8) is 0 Å². The van der Waals surface area contributed by atoms with Gasteiger partial charge in [0.25, 0.3) is 0 Å². The molecule has 0 aliphatic carbocycles.